The van der Waals surface area contributed by atoms with Gasteiger partial charge in [-0.05, 0) is 42.9 Å². The predicted octanol–water partition coefficient (Wildman–Crippen LogP) is 3.41. The van der Waals surface area contributed by atoms with Crippen molar-refractivity contribution in [3.63, 3.8) is 0 Å². The summed E-state index contributed by atoms with van der Waals surface area (Å²) in [5, 5.41) is 6.72. The summed E-state index contributed by atoms with van der Waals surface area (Å²) in [4.78, 5) is 4.08. The Morgan fingerprint density at radius 3 is 2.91 bits per heavy atom. The molecule has 2 N–H and O–H groups in total. The Bertz CT molecular complexity index is 669. The van der Waals surface area contributed by atoms with Crippen molar-refractivity contribution in [1.29, 1.82) is 0 Å². The van der Waals surface area contributed by atoms with Gasteiger partial charge in [0.25, 0.3) is 0 Å². The fraction of sp³-hybridized carbons (Fsp3) is 0.200. The first kappa shape index (κ1) is 16.5. The SMILES string of the molecule is COc1cccc(F)c1CCNC(=S)Nc1ncccc1Cl. The number of hydrogen-bond donors (Lipinski definition) is 2. The number of anilines is 1. The van der Waals surface area contributed by atoms with Gasteiger partial charge in [-0.25, -0.2) is 9.37 Å². The number of ether oxygens (including phenoxy) is 1. The van der Waals surface area contributed by atoms with Crippen LogP contribution in [0.4, 0.5) is 10.2 Å². The van der Waals surface area contributed by atoms with Crippen LogP contribution in [0, 0.1) is 5.82 Å². The molecule has 1 heterocycles. The van der Waals surface area contributed by atoms with Crippen molar-refractivity contribution >= 4 is 34.7 Å². The maximum absolute atomic E-state index is 13.8. The molecule has 0 spiro atoms. The third-order valence-corrected chi connectivity index (χ3v) is 3.50. The molecule has 0 radical (unpaired) electrons. The Kier molecular flexibility index (Phi) is 5.91. The van der Waals surface area contributed by atoms with Crippen LogP contribution in [0.2, 0.25) is 5.02 Å². The van der Waals surface area contributed by atoms with Crippen LogP contribution in [0.1, 0.15) is 5.56 Å². The van der Waals surface area contributed by atoms with E-state index in [1.165, 1.54) is 13.2 Å². The van der Waals surface area contributed by atoms with Crippen molar-refractivity contribution in [2.75, 3.05) is 19.0 Å². The molecule has 1 aromatic carbocycles. The van der Waals surface area contributed by atoms with Crippen molar-refractivity contribution in [1.82, 2.24) is 10.3 Å². The molecule has 0 aliphatic heterocycles. The zero-order valence-electron chi connectivity index (χ0n) is 11.9. The number of aromatic nitrogens is 1. The van der Waals surface area contributed by atoms with Gasteiger partial charge in [0.05, 0.1) is 12.1 Å². The van der Waals surface area contributed by atoms with Gasteiger partial charge < -0.3 is 15.4 Å². The molecule has 0 bridgehead atoms. The Morgan fingerprint density at radius 1 is 1.36 bits per heavy atom. The largest absolute Gasteiger partial charge is 0.496 e. The fourth-order valence-corrected chi connectivity index (χ4v) is 2.27. The highest BCUT2D eigenvalue weighted by Crippen LogP contribution is 2.21. The third kappa shape index (κ3) is 4.29. The number of halogens is 2. The van der Waals surface area contributed by atoms with Crippen molar-refractivity contribution in [3.8, 4) is 5.75 Å². The molecule has 0 unspecified atom stereocenters. The topological polar surface area (TPSA) is 46.2 Å². The van der Waals surface area contributed by atoms with Gasteiger partial charge in [0.15, 0.2) is 10.9 Å². The minimum Gasteiger partial charge on any atom is -0.496 e. The number of methoxy groups -OCH3 is 1. The second-order valence-electron chi connectivity index (χ2n) is 4.39. The normalized spacial score (nSPS) is 10.1. The fourth-order valence-electron chi connectivity index (χ4n) is 1.90. The standard InChI is InChI=1S/C15H15ClFN3OS/c1-21-13-6-2-5-12(17)10(13)7-9-19-15(22)20-14-11(16)4-3-8-18-14/h2-6,8H,7,9H2,1H3,(H2,18,19,20,22). The summed E-state index contributed by atoms with van der Waals surface area (Å²) < 4.78 is 18.9. The van der Waals surface area contributed by atoms with Crippen LogP contribution in [0.15, 0.2) is 36.5 Å². The average Bonchev–Trinajstić information content (AvgIpc) is 2.51. The monoisotopic (exact) mass is 339 g/mol. The smallest absolute Gasteiger partial charge is 0.171 e. The van der Waals surface area contributed by atoms with E-state index in [2.05, 4.69) is 15.6 Å². The molecule has 0 fully saturated rings. The first-order chi connectivity index (χ1) is 10.6. The highest BCUT2D eigenvalue weighted by Gasteiger charge is 2.09. The van der Waals surface area contributed by atoms with Crippen LogP contribution < -0.4 is 15.4 Å². The molecule has 22 heavy (non-hydrogen) atoms. The number of nitrogens with zero attached hydrogens (tertiary/aromatic N) is 1. The predicted molar refractivity (Wildman–Crippen MR) is 90.1 cm³/mol. The molecular formula is C15H15ClFN3OS. The third-order valence-electron chi connectivity index (χ3n) is 2.95. The highest BCUT2D eigenvalue weighted by atomic mass is 35.5. The number of benzene rings is 1. The molecular weight excluding hydrogens is 325 g/mol. The van der Waals surface area contributed by atoms with Crippen molar-refractivity contribution in [2.24, 2.45) is 0 Å². The zero-order chi connectivity index (χ0) is 15.9. The van der Waals surface area contributed by atoms with E-state index in [-0.39, 0.29) is 5.82 Å². The molecule has 2 aromatic rings. The average molecular weight is 340 g/mol. The van der Waals surface area contributed by atoms with E-state index in [4.69, 9.17) is 28.6 Å². The van der Waals surface area contributed by atoms with Crippen LogP contribution >= 0.6 is 23.8 Å². The Labute approximate surface area is 138 Å². The van der Waals surface area contributed by atoms with Gasteiger partial charge in [-0.1, -0.05) is 17.7 Å². The Morgan fingerprint density at radius 2 is 2.18 bits per heavy atom. The van der Waals surface area contributed by atoms with Gasteiger partial charge in [-0.2, -0.15) is 0 Å². The summed E-state index contributed by atoms with van der Waals surface area (Å²) in [6.07, 6.45) is 2.05. The first-order valence-corrected chi connectivity index (χ1v) is 7.37. The lowest BCUT2D eigenvalue weighted by Gasteiger charge is -2.12. The van der Waals surface area contributed by atoms with Gasteiger partial charge >= 0.3 is 0 Å². The molecule has 0 amide bonds. The molecule has 116 valence electrons. The summed E-state index contributed by atoms with van der Waals surface area (Å²) in [6.45, 7) is 0.452. The molecule has 1 aromatic heterocycles. The van der Waals surface area contributed by atoms with E-state index in [0.717, 1.165) is 0 Å². The van der Waals surface area contributed by atoms with Gasteiger partial charge in [0.1, 0.15) is 11.6 Å². The minimum absolute atomic E-state index is 0.298. The van der Waals surface area contributed by atoms with E-state index >= 15 is 0 Å². The lowest BCUT2D eigenvalue weighted by Crippen LogP contribution is -2.30. The number of rotatable bonds is 5. The van der Waals surface area contributed by atoms with E-state index in [0.29, 0.717) is 40.2 Å². The molecule has 2 rings (SSSR count). The van der Waals surface area contributed by atoms with Gasteiger partial charge in [0.2, 0.25) is 0 Å². The van der Waals surface area contributed by atoms with E-state index in [9.17, 15) is 4.39 Å². The van der Waals surface area contributed by atoms with Crippen LogP contribution in [0.3, 0.4) is 0 Å². The van der Waals surface area contributed by atoms with Crippen LogP contribution in [-0.4, -0.2) is 23.8 Å². The number of pyridine rings is 1. The Balaban J connectivity index is 1.89. The molecule has 0 atom stereocenters. The summed E-state index contributed by atoms with van der Waals surface area (Å²) in [7, 11) is 1.51. The zero-order valence-corrected chi connectivity index (χ0v) is 13.5. The van der Waals surface area contributed by atoms with Crippen molar-refractivity contribution in [2.45, 2.75) is 6.42 Å². The van der Waals surface area contributed by atoms with Crippen LogP contribution in [0.25, 0.3) is 0 Å². The minimum atomic E-state index is -0.298. The number of hydrogen-bond acceptors (Lipinski definition) is 3. The van der Waals surface area contributed by atoms with Gasteiger partial charge in [0, 0.05) is 18.3 Å². The Hall–Kier alpha value is -1.92. The van der Waals surface area contributed by atoms with Crippen LogP contribution in [0.5, 0.6) is 5.75 Å². The molecule has 0 saturated carbocycles. The highest BCUT2D eigenvalue weighted by molar-refractivity contribution is 7.80. The maximum Gasteiger partial charge on any atom is 0.171 e. The lowest BCUT2D eigenvalue weighted by atomic mass is 10.1. The van der Waals surface area contributed by atoms with E-state index < -0.39 is 0 Å². The molecule has 7 heteroatoms. The molecule has 0 aliphatic rings. The van der Waals surface area contributed by atoms with Gasteiger partial charge in [-0.3, -0.25) is 0 Å². The number of nitrogens with one attached hydrogen (secondary N) is 2. The quantitative estimate of drug-likeness (QED) is 0.817. The molecule has 0 saturated heterocycles. The van der Waals surface area contributed by atoms with Crippen molar-refractivity contribution in [3.05, 3.63) is 52.9 Å². The van der Waals surface area contributed by atoms with Gasteiger partial charge in [-0.15, -0.1) is 0 Å². The van der Waals surface area contributed by atoms with Crippen molar-refractivity contribution < 1.29 is 9.13 Å². The first-order valence-electron chi connectivity index (χ1n) is 6.58. The number of thiocarbonyl (C=S) groups is 1. The van der Waals surface area contributed by atoms with Crippen LogP contribution in [-0.2, 0) is 6.42 Å². The van der Waals surface area contributed by atoms with E-state index in [1.54, 1.807) is 30.5 Å². The summed E-state index contributed by atoms with van der Waals surface area (Å²) in [5.74, 6) is 0.700. The summed E-state index contributed by atoms with van der Waals surface area (Å²) in [6, 6.07) is 8.18. The summed E-state index contributed by atoms with van der Waals surface area (Å²) in [5.41, 5.74) is 0.510. The molecule has 4 nitrogen and oxygen atoms in total. The maximum atomic E-state index is 13.8. The summed E-state index contributed by atoms with van der Waals surface area (Å²) >= 11 is 11.1. The lowest BCUT2D eigenvalue weighted by molar-refractivity contribution is 0.404. The second kappa shape index (κ2) is 7.91. The second-order valence-corrected chi connectivity index (χ2v) is 5.20. The van der Waals surface area contributed by atoms with E-state index in [1.807, 2.05) is 0 Å². The molecule has 0 aliphatic carbocycles.